The Bertz CT molecular complexity index is 467. The maximum Gasteiger partial charge on any atom is 0.269 e. The average molecular weight is 279 g/mol. The zero-order valence-corrected chi connectivity index (χ0v) is 11.7. The molecule has 0 bridgehead atoms. The van der Waals surface area contributed by atoms with Crippen LogP contribution in [-0.2, 0) is 0 Å². The molecule has 5 nitrogen and oxygen atoms in total. The van der Waals surface area contributed by atoms with Crippen LogP contribution in [0.2, 0.25) is 0 Å². The third kappa shape index (κ3) is 3.20. The van der Waals surface area contributed by atoms with Gasteiger partial charge in [0.05, 0.1) is 4.92 Å². The predicted octanol–water partition coefficient (Wildman–Crippen LogP) is 2.28. The van der Waals surface area contributed by atoms with Crippen LogP contribution >= 0.6 is 12.2 Å². The summed E-state index contributed by atoms with van der Waals surface area (Å²) >= 11 is 5.22. The Hall–Kier alpha value is -1.69. The number of nitro groups is 1. The molecular weight excluding hydrogens is 262 g/mol. The summed E-state index contributed by atoms with van der Waals surface area (Å²) in [6.45, 7) is 1.86. The molecule has 0 unspecified atom stereocenters. The van der Waals surface area contributed by atoms with Crippen molar-refractivity contribution in [2.45, 2.75) is 18.8 Å². The second-order valence-electron chi connectivity index (χ2n) is 4.67. The molecule has 0 saturated carbocycles. The third-order valence-electron chi connectivity index (χ3n) is 3.57. The van der Waals surface area contributed by atoms with Crippen molar-refractivity contribution in [1.29, 1.82) is 0 Å². The van der Waals surface area contributed by atoms with E-state index in [1.54, 1.807) is 12.1 Å². The second-order valence-corrected chi connectivity index (χ2v) is 5.05. The van der Waals surface area contributed by atoms with Crippen LogP contribution in [0.5, 0.6) is 0 Å². The van der Waals surface area contributed by atoms with Crippen LogP contribution in [0.15, 0.2) is 24.3 Å². The van der Waals surface area contributed by atoms with Gasteiger partial charge < -0.3 is 10.2 Å². The van der Waals surface area contributed by atoms with E-state index in [9.17, 15) is 10.1 Å². The number of hydrogen-bond acceptors (Lipinski definition) is 3. The molecule has 6 heteroatoms. The fourth-order valence-electron chi connectivity index (χ4n) is 2.44. The van der Waals surface area contributed by atoms with Crippen LogP contribution in [0.1, 0.15) is 24.3 Å². The minimum absolute atomic E-state index is 0.151. The number of piperidine rings is 1. The summed E-state index contributed by atoms with van der Waals surface area (Å²) in [4.78, 5) is 12.4. The van der Waals surface area contributed by atoms with Gasteiger partial charge in [-0.05, 0) is 36.5 Å². The van der Waals surface area contributed by atoms with Gasteiger partial charge in [-0.2, -0.15) is 0 Å². The Balaban J connectivity index is 1.97. The van der Waals surface area contributed by atoms with E-state index in [1.807, 2.05) is 19.2 Å². The molecule has 102 valence electrons. The number of thiocarbonyl (C=S) groups is 1. The van der Waals surface area contributed by atoms with Gasteiger partial charge >= 0.3 is 0 Å². The van der Waals surface area contributed by atoms with Gasteiger partial charge in [-0.25, -0.2) is 0 Å². The van der Waals surface area contributed by atoms with Gasteiger partial charge in [-0.15, -0.1) is 0 Å². The zero-order chi connectivity index (χ0) is 13.8. The van der Waals surface area contributed by atoms with Crippen molar-refractivity contribution in [3.8, 4) is 0 Å². The Labute approximate surface area is 117 Å². The maximum atomic E-state index is 10.6. The van der Waals surface area contributed by atoms with Crippen LogP contribution in [0.4, 0.5) is 5.69 Å². The summed E-state index contributed by atoms with van der Waals surface area (Å²) in [5.41, 5.74) is 1.33. The highest BCUT2D eigenvalue weighted by Crippen LogP contribution is 2.29. The van der Waals surface area contributed by atoms with E-state index in [0.717, 1.165) is 31.0 Å². The molecule has 1 aromatic carbocycles. The van der Waals surface area contributed by atoms with E-state index in [0.29, 0.717) is 5.92 Å². The van der Waals surface area contributed by atoms with Gasteiger partial charge in [-0.1, -0.05) is 12.1 Å². The van der Waals surface area contributed by atoms with Crippen LogP contribution < -0.4 is 5.32 Å². The van der Waals surface area contributed by atoms with E-state index in [4.69, 9.17) is 12.2 Å². The van der Waals surface area contributed by atoms with Gasteiger partial charge in [0.2, 0.25) is 0 Å². The molecule has 0 atom stereocenters. The molecule has 1 heterocycles. The van der Waals surface area contributed by atoms with E-state index >= 15 is 0 Å². The standard InChI is InChI=1S/C13H17N3O2S/c1-14-13(19)15-8-6-11(7-9-15)10-2-4-12(5-3-10)16(17)18/h2-5,11H,6-9H2,1H3,(H,14,19). The van der Waals surface area contributed by atoms with Crippen molar-refractivity contribution >= 4 is 23.0 Å². The Morgan fingerprint density at radius 2 is 1.95 bits per heavy atom. The first-order valence-electron chi connectivity index (χ1n) is 6.33. The normalized spacial score (nSPS) is 16.2. The molecule has 19 heavy (non-hydrogen) atoms. The van der Waals surface area contributed by atoms with E-state index < -0.39 is 0 Å². The largest absolute Gasteiger partial charge is 0.366 e. The smallest absolute Gasteiger partial charge is 0.269 e. The van der Waals surface area contributed by atoms with Crippen molar-refractivity contribution in [3.05, 3.63) is 39.9 Å². The minimum atomic E-state index is -0.363. The summed E-state index contributed by atoms with van der Waals surface area (Å²) in [5.74, 6) is 0.469. The molecule has 1 saturated heterocycles. The molecule has 1 aliphatic rings. The number of likely N-dealkylation sites (tertiary alicyclic amines) is 1. The molecule has 2 rings (SSSR count). The second kappa shape index (κ2) is 5.97. The van der Waals surface area contributed by atoms with E-state index in [-0.39, 0.29) is 10.6 Å². The monoisotopic (exact) mass is 279 g/mol. The summed E-state index contributed by atoms with van der Waals surface area (Å²) in [5, 5.41) is 14.4. The summed E-state index contributed by atoms with van der Waals surface area (Å²) in [7, 11) is 1.84. The quantitative estimate of drug-likeness (QED) is 0.511. The van der Waals surface area contributed by atoms with Crippen LogP contribution in [0.25, 0.3) is 0 Å². The minimum Gasteiger partial charge on any atom is -0.366 e. The first-order chi connectivity index (χ1) is 9.11. The highest BCUT2D eigenvalue weighted by atomic mass is 32.1. The number of benzene rings is 1. The van der Waals surface area contributed by atoms with Crippen LogP contribution in [0, 0.1) is 10.1 Å². The SMILES string of the molecule is CNC(=S)N1CCC(c2ccc([N+](=O)[O-])cc2)CC1. The number of nitro benzene ring substituents is 1. The van der Waals surface area contributed by atoms with Crippen molar-refractivity contribution in [2.24, 2.45) is 0 Å². The summed E-state index contributed by atoms with van der Waals surface area (Å²) in [6.07, 6.45) is 2.05. The van der Waals surface area contributed by atoms with Gasteiger partial charge in [0, 0.05) is 32.3 Å². The molecular formula is C13H17N3O2S. The lowest BCUT2D eigenvalue weighted by Gasteiger charge is -2.33. The Morgan fingerprint density at radius 1 is 1.37 bits per heavy atom. The average Bonchev–Trinajstić information content (AvgIpc) is 2.46. The molecule has 0 spiro atoms. The fourth-order valence-corrected chi connectivity index (χ4v) is 2.62. The highest BCUT2D eigenvalue weighted by molar-refractivity contribution is 7.80. The van der Waals surface area contributed by atoms with Crippen molar-refractivity contribution in [2.75, 3.05) is 20.1 Å². The molecule has 0 radical (unpaired) electrons. The summed E-state index contributed by atoms with van der Waals surface area (Å²) < 4.78 is 0. The lowest BCUT2D eigenvalue weighted by Crippen LogP contribution is -2.42. The first kappa shape index (κ1) is 13.7. The van der Waals surface area contributed by atoms with E-state index in [1.165, 1.54) is 5.56 Å². The van der Waals surface area contributed by atoms with Gasteiger partial charge in [0.1, 0.15) is 0 Å². The number of nitrogens with zero attached hydrogens (tertiary/aromatic N) is 2. The van der Waals surface area contributed by atoms with Gasteiger partial charge in [0.25, 0.3) is 5.69 Å². The lowest BCUT2D eigenvalue weighted by atomic mass is 9.89. The van der Waals surface area contributed by atoms with Crippen molar-refractivity contribution in [1.82, 2.24) is 10.2 Å². The molecule has 1 fully saturated rings. The predicted molar refractivity (Wildman–Crippen MR) is 78.3 cm³/mol. The zero-order valence-electron chi connectivity index (χ0n) is 10.8. The first-order valence-corrected chi connectivity index (χ1v) is 6.73. The van der Waals surface area contributed by atoms with Crippen LogP contribution in [-0.4, -0.2) is 35.1 Å². The van der Waals surface area contributed by atoms with Crippen LogP contribution in [0.3, 0.4) is 0 Å². The number of non-ortho nitro benzene ring substituents is 1. The Morgan fingerprint density at radius 3 is 2.42 bits per heavy atom. The molecule has 1 aliphatic heterocycles. The highest BCUT2D eigenvalue weighted by Gasteiger charge is 2.22. The lowest BCUT2D eigenvalue weighted by molar-refractivity contribution is -0.384. The number of nitrogens with one attached hydrogen (secondary N) is 1. The third-order valence-corrected chi connectivity index (χ3v) is 4.03. The molecule has 0 aromatic heterocycles. The van der Waals surface area contributed by atoms with E-state index in [2.05, 4.69) is 10.2 Å². The molecule has 1 N–H and O–H groups in total. The molecule has 0 aliphatic carbocycles. The van der Waals surface area contributed by atoms with Gasteiger partial charge in [-0.3, -0.25) is 10.1 Å². The van der Waals surface area contributed by atoms with Gasteiger partial charge in [0.15, 0.2) is 5.11 Å². The number of hydrogen-bond donors (Lipinski definition) is 1. The number of rotatable bonds is 2. The fraction of sp³-hybridized carbons (Fsp3) is 0.462. The maximum absolute atomic E-state index is 10.6. The summed E-state index contributed by atoms with van der Waals surface area (Å²) in [6, 6.07) is 6.91. The topological polar surface area (TPSA) is 58.4 Å². The molecule has 1 aromatic rings. The Kier molecular flexibility index (Phi) is 4.31. The van der Waals surface area contributed by atoms with Crippen molar-refractivity contribution in [3.63, 3.8) is 0 Å². The van der Waals surface area contributed by atoms with Crippen molar-refractivity contribution < 1.29 is 4.92 Å². The molecule has 0 amide bonds.